The van der Waals surface area contributed by atoms with Crippen molar-refractivity contribution in [1.29, 1.82) is 0 Å². The molecule has 0 fully saturated rings. The van der Waals surface area contributed by atoms with Crippen molar-refractivity contribution in [2.24, 2.45) is 0 Å². The molecule has 0 saturated carbocycles. The Bertz CT molecular complexity index is 1200. The van der Waals surface area contributed by atoms with Crippen molar-refractivity contribution in [1.82, 2.24) is 4.90 Å². The van der Waals surface area contributed by atoms with Gasteiger partial charge in [-0.15, -0.1) is 0 Å². The maximum atomic E-state index is 13.0. The van der Waals surface area contributed by atoms with Crippen LogP contribution < -0.4 is 13.8 Å². The molecule has 0 saturated heterocycles. The van der Waals surface area contributed by atoms with Crippen LogP contribution in [0.25, 0.3) is 16.8 Å². The molecule has 0 aromatic heterocycles. The summed E-state index contributed by atoms with van der Waals surface area (Å²) in [6.07, 6.45) is 0.229. The first-order valence-corrected chi connectivity index (χ1v) is 12.3. The molecule has 0 aliphatic carbocycles. The van der Waals surface area contributed by atoms with Crippen LogP contribution in [0.1, 0.15) is 25.0 Å². The molecular formula is C25H24N2OSe. The number of anilines is 1. The summed E-state index contributed by atoms with van der Waals surface area (Å²) in [6.45, 7) is 6.61. The van der Waals surface area contributed by atoms with Gasteiger partial charge in [-0.3, -0.25) is 0 Å². The minimum absolute atomic E-state index is 0.229. The number of para-hydroxylation sites is 1. The zero-order valence-corrected chi connectivity index (χ0v) is 18.9. The van der Waals surface area contributed by atoms with Gasteiger partial charge in [-0.25, -0.2) is 0 Å². The van der Waals surface area contributed by atoms with E-state index >= 15 is 0 Å². The molecule has 3 nitrogen and oxygen atoms in total. The molecule has 4 heteroatoms. The van der Waals surface area contributed by atoms with Gasteiger partial charge < -0.3 is 0 Å². The van der Waals surface area contributed by atoms with Crippen LogP contribution in [0, 0.1) is 6.92 Å². The molecule has 3 aromatic carbocycles. The fourth-order valence-corrected chi connectivity index (χ4v) is 7.55. The average Bonchev–Trinajstić information content (AvgIpc) is 3.13. The summed E-state index contributed by atoms with van der Waals surface area (Å²) in [6, 6.07) is 23.1. The zero-order valence-electron chi connectivity index (χ0n) is 17.1. The topological polar surface area (TPSA) is 23.6 Å². The van der Waals surface area contributed by atoms with Gasteiger partial charge in [-0.1, -0.05) is 0 Å². The summed E-state index contributed by atoms with van der Waals surface area (Å²) in [5.41, 5.74) is 8.45. The molecule has 2 aliphatic heterocycles. The van der Waals surface area contributed by atoms with E-state index in [2.05, 4.69) is 86.1 Å². The maximum absolute atomic E-state index is 13.0. The number of nitrogens with zero attached hydrogens (tertiary/aromatic N) is 2. The molecule has 29 heavy (non-hydrogen) atoms. The van der Waals surface area contributed by atoms with Crippen molar-refractivity contribution in [3.8, 4) is 11.1 Å². The van der Waals surface area contributed by atoms with Gasteiger partial charge in [0.15, 0.2) is 0 Å². The second-order valence-corrected chi connectivity index (χ2v) is 10.8. The summed E-state index contributed by atoms with van der Waals surface area (Å²) in [5.74, 6) is 0. The number of allylic oxidation sites excluding steroid dienone is 1. The molecule has 0 spiro atoms. The number of fused-ring (bicyclic) bond motifs is 3. The van der Waals surface area contributed by atoms with E-state index in [1.807, 2.05) is 18.2 Å². The average molecular weight is 447 g/mol. The van der Waals surface area contributed by atoms with E-state index in [4.69, 9.17) is 0 Å². The fraction of sp³-hybridized carbons (Fsp3) is 0.200. The van der Waals surface area contributed by atoms with Gasteiger partial charge in [-0.2, -0.15) is 0 Å². The molecule has 5 rings (SSSR count). The van der Waals surface area contributed by atoms with Crippen LogP contribution in [0.15, 0.2) is 72.4 Å². The van der Waals surface area contributed by atoms with Gasteiger partial charge in [0, 0.05) is 0 Å². The van der Waals surface area contributed by atoms with Crippen LogP contribution in [0.3, 0.4) is 0 Å². The normalized spacial score (nSPS) is 20.3. The molecule has 0 bridgehead atoms. The predicted molar refractivity (Wildman–Crippen MR) is 121 cm³/mol. The van der Waals surface area contributed by atoms with Crippen LogP contribution in [-0.4, -0.2) is 31.9 Å². The summed E-state index contributed by atoms with van der Waals surface area (Å²) in [4.78, 5) is 4.76. The number of hydrogen-bond acceptors (Lipinski definition) is 3. The van der Waals surface area contributed by atoms with Crippen molar-refractivity contribution >= 4 is 34.1 Å². The minimum atomic E-state index is -2.15. The molecule has 0 radical (unpaired) electrons. The molecule has 0 N–H and O–H groups in total. The van der Waals surface area contributed by atoms with E-state index in [9.17, 15) is 3.83 Å². The Morgan fingerprint density at radius 2 is 1.55 bits per heavy atom. The Morgan fingerprint density at radius 1 is 0.862 bits per heavy atom. The van der Waals surface area contributed by atoms with E-state index in [-0.39, 0.29) is 6.17 Å². The van der Waals surface area contributed by atoms with Crippen molar-refractivity contribution in [3.63, 3.8) is 0 Å². The quantitative estimate of drug-likeness (QED) is 0.434. The van der Waals surface area contributed by atoms with Gasteiger partial charge in [0.1, 0.15) is 0 Å². The van der Waals surface area contributed by atoms with Crippen LogP contribution in [0.4, 0.5) is 5.69 Å². The molecule has 2 atom stereocenters. The molecule has 2 aliphatic rings. The van der Waals surface area contributed by atoms with Gasteiger partial charge in [-0.05, 0) is 0 Å². The molecule has 3 aromatic rings. The van der Waals surface area contributed by atoms with Crippen LogP contribution in [-0.2, 0) is 3.83 Å². The Kier molecular flexibility index (Phi) is 4.23. The predicted octanol–water partition coefficient (Wildman–Crippen LogP) is 4.00. The first-order chi connectivity index (χ1) is 14.0. The number of benzene rings is 3. The van der Waals surface area contributed by atoms with E-state index < -0.39 is 13.8 Å². The monoisotopic (exact) mass is 448 g/mol. The summed E-state index contributed by atoms with van der Waals surface area (Å²) >= 11 is -2.15. The number of hydrogen-bond donors (Lipinski definition) is 0. The molecule has 2 unspecified atom stereocenters. The number of rotatable bonds is 2. The van der Waals surface area contributed by atoms with Gasteiger partial charge >= 0.3 is 176 Å². The van der Waals surface area contributed by atoms with E-state index in [0.717, 1.165) is 20.1 Å². The van der Waals surface area contributed by atoms with Crippen LogP contribution in [0.2, 0.25) is 0 Å². The zero-order chi connectivity index (χ0) is 20.3. The van der Waals surface area contributed by atoms with Crippen LogP contribution >= 0.6 is 0 Å². The number of aryl methyl sites for hydroxylation is 1. The third kappa shape index (κ3) is 2.63. The third-order valence-corrected chi connectivity index (χ3v) is 9.37. The summed E-state index contributed by atoms with van der Waals surface area (Å²) in [7, 11) is 2.16. The SMILES string of the molecule is CC1=C(c2ccc3c(c2)-c2ccccc2[Se]3=O)N(C)C(C)N1c1ccccc1C. The van der Waals surface area contributed by atoms with Gasteiger partial charge in [0.25, 0.3) is 0 Å². The third-order valence-electron chi connectivity index (χ3n) is 6.20. The first-order valence-electron chi connectivity index (χ1n) is 9.93. The fourth-order valence-electron chi connectivity index (χ4n) is 4.66. The van der Waals surface area contributed by atoms with Gasteiger partial charge in [0.05, 0.1) is 0 Å². The Hall–Kier alpha value is -2.68. The van der Waals surface area contributed by atoms with E-state index in [0.29, 0.717) is 0 Å². The molecule has 2 heterocycles. The second-order valence-electron chi connectivity index (χ2n) is 7.81. The van der Waals surface area contributed by atoms with Gasteiger partial charge in [0.2, 0.25) is 0 Å². The Morgan fingerprint density at radius 3 is 2.34 bits per heavy atom. The van der Waals surface area contributed by atoms with Crippen molar-refractivity contribution in [3.05, 3.63) is 83.6 Å². The summed E-state index contributed by atoms with van der Waals surface area (Å²) in [5, 5.41) is 0. The van der Waals surface area contributed by atoms with Crippen molar-refractivity contribution < 1.29 is 3.83 Å². The van der Waals surface area contributed by atoms with Crippen molar-refractivity contribution in [2.45, 2.75) is 26.9 Å². The second kappa shape index (κ2) is 6.69. The Labute approximate surface area is 176 Å². The van der Waals surface area contributed by atoms with Crippen LogP contribution in [0.5, 0.6) is 0 Å². The molecule has 146 valence electrons. The Balaban J connectivity index is 1.65. The molecular weight excluding hydrogens is 423 g/mol. The van der Waals surface area contributed by atoms with E-state index in [1.54, 1.807) is 0 Å². The summed E-state index contributed by atoms with van der Waals surface area (Å²) < 4.78 is 15.0. The van der Waals surface area contributed by atoms with Crippen molar-refractivity contribution in [2.75, 3.05) is 11.9 Å². The van der Waals surface area contributed by atoms with E-state index in [1.165, 1.54) is 28.2 Å². The molecule has 0 amide bonds. The standard InChI is InChI=1S/C25H24N2OSe/c1-16-9-5-7-11-22(16)27-17(2)25(26(4)18(27)3)19-13-14-24-21(15-19)20-10-6-8-12-23(20)29(24)28/h5-15,18H,1-4H3. The first kappa shape index (κ1) is 18.4.